The Morgan fingerprint density at radius 1 is 1.08 bits per heavy atom. The second-order valence-corrected chi connectivity index (χ2v) is 6.05. The molecule has 6 heteroatoms. The minimum absolute atomic E-state index is 0.220. The number of nitrogens with zero attached hydrogens (tertiary/aromatic N) is 1. The number of carbonyl (C=O) groups is 2. The average Bonchev–Trinajstić information content (AvgIpc) is 3.14. The summed E-state index contributed by atoms with van der Waals surface area (Å²) in [5.41, 5.74) is 0.407. The minimum Gasteiger partial charge on any atom is -0.490 e. The Labute approximate surface area is 152 Å². The predicted octanol–water partition coefficient (Wildman–Crippen LogP) is 3.42. The molecule has 2 aromatic rings. The molecule has 0 aromatic heterocycles. The van der Waals surface area contributed by atoms with Gasteiger partial charge in [-0.25, -0.2) is 0 Å². The van der Waals surface area contributed by atoms with Crippen molar-refractivity contribution in [1.82, 2.24) is 4.90 Å². The fourth-order valence-electron chi connectivity index (χ4n) is 2.98. The SMILES string of the molecule is CCOc1ccccc1Oc1ccccc1C(=O)N1CC[C@H](C(=O)O)C1. The molecule has 1 fully saturated rings. The standard InChI is InChI=1S/C20H21NO5/c1-2-25-17-9-5-6-10-18(17)26-16-8-4-3-7-15(16)19(22)21-12-11-14(13-21)20(23)24/h3-10,14H,2,11-13H2,1H3,(H,23,24)/t14-/m0/s1. The Morgan fingerprint density at radius 3 is 2.38 bits per heavy atom. The van der Waals surface area contributed by atoms with E-state index in [0.717, 1.165) is 0 Å². The summed E-state index contributed by atoms with van der Waals surface area (Å²) < 4.78 is 11.5. The molecule has 1 atom stereocenters. The number of para-hydroxylation sites is 3. The summed E-state index contributed by atoms with van der Waals surface area (Å²) >= 11 is 0. The monoisotopic (exact) mass is 355 g/mol. The van der Waals surface area contributed by atoms with Crippen LogP contribution in [0.1, 0.15) is 23.7 Å². The van der Waals surface area contributed by atoms with Crippen LogP contribution in [-0.2, 0) is 4.79 Å². The summed E-state index contributed by atoms with van der Waals surface area (Å²) in [6.45, 7) is 3.05. The van der Waals surface area contributed by atoms with E-state index in [1.165, 1.54) is 0 Å². The molecule has 0 bridgehead atoms. The third kappa shape index (κ3) is 3.79. The number of carboxylic acid groups (broad SMARTS) is 1. The number of hydrogen-bond donors (Lipinski definition) is 1. The van der Waals surface area contributed by atoms with Crippen molar-refractivity contribution in [2.24, 2.45) is 5.92 Å². The summed E-state index contributed by atoms with van der Waals surface area (Å²) in [7, 11) is 0. The molecule has 0 radical (unpaired) electrons. The second-order valence-electron chi connectivity index (χ2n) is 6.05. The van der Waals surface area contributed by atoms with Crippen LogP contribution in [0.5, 0.6) is 17.2 Å². The van der Waals surface area contributed by atoms with E-state index in [1.54, 1.807) is 41.3 Å². The van der Waals surface area contributed by atoms with Crippen LogP contribution in [0.3, 0.4) is 0 Å². The van der Waals surface area contributed by atoms with E-state index in [9.17, 15) is 9.59 Å². The van der Waals surface area contributed by atoms with E-state index in [1.807, 2.05) is 19.1 Å². The van der Waals surface area contributed by atoms with Crippen LogP contribution in [0.2, 0.25) is 0 Å². The summed E-state index contributed by atoms with van der Waals surface area (Å²) in [6, 6.07) is 14.2. The number of carbonyl (C=O) groups excluding carboxylic acids is 1. The van der Waals surface area contributed by atoms with Crippen LogP contribution in [0.25, 0.3) is 0 Å². The first-order chi connectivity index (χ1) is 12.6. The van der Waals surface area contributed by atoms with Crippen molar-refractivity contribution in [1.29, 1.82) is 0 Å². The lowest BCUT2D eigenvalue weighted by Gasteiger charge is -2.19. The zero-order valence-electron chi connectivity index (χ0n) is 14.6. The van der Waals surface area contributed by atoms with Crippen molar-refractivity contribution in [2.75, 3.05) is 19.7 Å². The molecule has 1 saturated heterocycles. The first kappa shape index (κ1) is 17.8. The van der Waals surface area contributed by atoms with Crippen LogP contribution >= 0.6 is 0 Å². The van der Waals surface area contributed by atoms with E-state index in [4.69, 9.17) is 14.6 Å². The van der Waals surface area contributed by atoms with E-state index < -0.39 is 11.9 Å². The number of likely N-dealkylation sites (tertiary alicyclic amines) is 1. The van der Waals surface area contributed by atoms with Crippen molar-refractivity contribution in [3.05, 3.63) is 54.1 Å². The molecule has 26 heavy (non-hydrogen) atoms. The molecule has 0 unspecified atom stereocenters. The molecular formula is C20H21NO5. The molecule has 6 nitrogen and oxygen atoms in total. The van der Waals surface area contributed by atoms with E-state index in [0.29, 0.717) is 42.4 Å². The largest absolute Gasteiger partial charge is 0.490 e. The van der Waals surface area contributed by atoms with E-state index in [2.05, 4.69) is 0 Å². The average molecular weight is 355 g/mol. The minimum atomic E-state index is -0.865. The smallest absolute Gasteiger partial charge is 0.308 e. The predicted molar refractivity (Wildman–Crippen MR) is 95.8 cm³/mol. The van der Waals surface area contributed by atoms with Gasteiger partial charge >= 0.3 is 5.97 Å². The van der Waals surface area contributed by atoms with Gasteiger partial charge in [0.2, 0.25) is 0 Å². The molecule has 1 amide bonds. The maximum absolute atomic E-state index is 12.9. The molecule has 1 N–H and O–H groups in total. The lowest BCUT2D eigenvalue weighted by molar-refractivity contribution is -0.141. The van der Waals surface area contributed by atoms with Gasteiger partial charge in [-0.1, -0.05) is 24.3 Å². The van der Waals surface area contributed by atoms with Crippen molar-refractivity contribution in [3.63, 3.8) is 0 Å². The normalized spacial score (nSPS) is 16.3. The van der Waals surface area contributed by atoms with Gasteiger partial charge in [0.25, 0.3) is 5.91 Å². The van der Waals surface area contributed by atoms with Crippen molar-refractivity contribution in [2.45, 2.75) is 13.3 Å². The van der Waals surface area contributed by atoms with Crippen LogP contribution in [0.15, 0.2) is 48.5 Å². The Bertz CT molecular complexity index is 804. The van der Waals surface area contributed by atoms with Gasteiger partial charge in [0.15, 0.2) is 11.5 Å². The number of hydrogen-bond acceptors (Lipinski definition) is 4. The highest BCUT2D eigenvalue weighted by Gasteiger charge is 2.32. The highest BCUT2D eigenvalue weighted by atomic mass is 16.5. The molecule has 1 aliphatic rings. The maximum atomic E-state index is 12.9. The molecule has 3 rings (SSSR count). The van der Waals surface area contributed by atoms with Crippen molar-refractivity contribution >= 4 is 11.9 Å². The number of amides is 1. The van der Waals surface area contributed by atoms with E-state index >= 15 is 0 Å². The molecule has 0 aliphatic carbocycles. The third-order valence-electron chi connectivity index (χ3n) is 4.31. The molecule has 1 aliphatic heterocycles. The lowest BCUT2D eigenvalue weighted by atomic mass is 10.1. The lowest BCUT2D eigenvalue weighted by Crippen LogP contribution is -2.30. The van der Waals surface area contributed by atoms with Crippen LogP contribution in [0, 0.1) is 5.92 Å². The Morgan fingerprint density at radius 2 is 1.73 bits per heavy atom. The topological polar surface area (TPSA) is 76.1 Å². The highest BCUT2D eigenvalue weighted by molar-refractivity contribution is 5.97. The van der Waals surface area contributed by atoms with Crippen molar-refractivity contribution in [3.8, 4) is 17.2 Å². The molecule has 0 saturated carbocycles. The molecule has 0 spiro atoms. The maximum Gasteiger partial charge on any atom is 0.308 e. The Kier molecular flexibility index (Phi) is 5.41. The van der Waals surface area contributed by atoms with Gasteiger partial charge in [-0.2, -0.15) is 0 Å². The molecule has 136 valence electrons. The molecular weight excluding hydrogens is 334 g/mol. The summed E-state index contributed by atoms with van der Waals surface area (Å²) in [5, 5.41) is 9.14. The quantitative estimate of drug-likeness (QED) is 0.859. The van der Waals surface area contributed by atoms with Gasteiger partial charge in [0.05, 0.1) is 18.1 Å². The van der Waals surface area contributed by atoms with E-state index in [-0.39, 0.29) is 12.5 Å². The Hall–Kier alpha value is -3.02. The fraction of sp³-hybridized carbons (Fsp3) is 0.300. The fourth-order valence-corrected chi connectivity index (χ4v) is 2.98. The Balaban J connectivity index is 1.83. The number of carboxylic acids is 1. The number of benzene rings is 2. The summed E-state index contributed by atoms with van der Waals surface area (Å²) in [4.78, 5) is 25.6. The first-order valence-electron chi connectivity index (χ1n) is 8.61. The highest BCUT2D eigenvalue weighted by Crippen LogP contribution is 2.33. The molecule has 2 aromatic carbocycles. The van der Waals surface area contributed by atoms with Crippen molar-refractivity contribution < 1.29 is 24.2 Å². The second kappa shape index (κ2) is 7.91. The zero-order valence-corrected chi connectivity index (χ0v) is 14.6. The van der Waals surface area contributed by atoms with Gasteiger partial charge in [0, 0.05) is 13.1 Å². The van der Waals surface area contributed by atoms with Gasteiger partial charge < -0.3 is 19.5 Å². The summed E-state index contributed by atoms with van der Waals surface area (Å²) in [5.74, 6) is -0.0494. The third-order valence-corrected chi connectivity index (χ3v) is 4.31. The summed E-state index contributed by atoms with van der Waals surface area (Å²) in [6.07, 6.45) is 0.470. The van der Waals surface area contributed by atoms with Gasteiger partial charge in [-0.15, -0.1) is 0 Å². The number of ether oxygens (including phenoxy) is 2. The number of aliphatic carboxylic acids is 1. The van der Waals surface area contributed by atoms with Crippen LogP contribution < -0.4 is 9.47 Å². The van der Waals surface area contributed by atoms with Crippen LogP contribution in [-0.4, -0.2) is 41.6 Å². The van der Waals surface area contributed by atoms with Gasteiger partial charge in [0.1, 0.15) is 5.75 Å². The van der Waals surface area contributed by atoms with Gasteiger partial charge in [-0.05, 0) is 37.6 Å². The molecule has 1 heterocycles. The van der Waals surface area contributed by atoms with Gasteiger partial charge in [-0.3, -0.25) is 9.59 Å². The van der Waals surface area contributed by atoms with Crippen LogP contribution in [0.4, 0.5) is 0 Å². The zero-order chi connectivity index (χ0) is 18.5. The number of rotatable bonds is 6. The first-order valence-corrected chi connectivity index (χ1v) is 8.61.